The Morgan fingerprint density at radius 1 is 1.32 bits per heavy atom. The number of benzene rings is 1. The first-order valence-corrected chi connectivity index (χ1v) is 6.87. The molecule has 104 valence electrons. The van der Waals surface area contributed by atoms with E-state index in [9.17, 15) is 4.79 Å². The highest BCUT2D eigenvalue weighted by Gasteiger charge is 2.33. The molecule has 2 unspecified atom stereocenters. The zero-order chi connectivity index (χ0) is 14.0. The predicted molar refractivity (Wildman–Crippen MR) is 78.3 cm³/mol. The number of anilines is 1. The Labute approximate surface area is 115 Å². The molecule has 1 aliphatic rings. The van der Waals surface area contributed by atoms with Crippen LogP contribution in [0.15, 0.2) is 18.2 Å². The van der Waals surface area contributed by atoms with Gasteiger partial charge in [0, 0.05) is 18.3 Å². The van der Waals surface area contributed by atoms with E-state index in [-0.39, 0.29) is 18.0 Å². The second-order valence-electron chi connectivity index (χ2n) is 5.44. The Morgan fingerprint density at radius 3 is 2.53 bits per heavy atom. The number of amides is 1. The molecule has 1 amide bonds. The molecule has 0 spiro atoms. The van der Waals surface area contributed by atoms with Gasteiger partial charge in [0.05, 0.1) is 0 Å². The van der Waals surface area contributed by atoms with Crippen LogP contribution in [0.1, 0.15) is 24.5 Å². The van der Waals surface area contributed by atoms with E-state index in [1.54, 1.807) is 0 Å². The number of carbonyl (C=O) groups is 1. The third kappa shape index (κ3) is 2.89. The zero-order valence-electron chi connectivity index (χ0n) is 11.9. The molecule has 0 aromatic heterocycles. The first kappa shape index (κ1) is 13.9. The van der Waals surface area contributed by atoms with Crippen LogP contribution in [0.3, 0.4) is 0 Å². The summed E-state index contributed by atoms with van der Waals surface area (Å²) in [6, 6.07) is 6.57. The number of aryl methyl sites for hydroxylation is 2. The van der Waals surface area contributed by atoms with Gasteiger partial charge in [0.25, 0.3) is 0 Å². The molecule has 1 aromatic carbocycles. The lowest BCUT2D eigenvalue weighted by Crippen LogP contribution is -2.60. The van der Waals surface area contributed by atoms with Gasteiger partial charge in [0.1, 0.15) is 6.04 Å². The maximum atomic E-state index is 12.1. The summed E-state index contributed by atoms with van der Waals surface area (Å²) in [5, 5.41) is 2.96. The van der Waals surface area contributed by atoms with E-state index in [1.807, 2.05) is 0 Å². The van der Waals surface area contributed by atoms with Crippen LogP contribution in [0, 0.1) is 13.8 Å². The van der Waals surface area contributed by atoms with Crippen molar-refractivity contribution in [3.05, 3.63) is 29.3 Å². The normalized spacial score (nSPS) is 23.4. The van der Waals surface area contributed by atoms with Gasteiger partial charge in [-0.2, -0.15) is 0 Å². The topological polar surface area (TPSA) is 58.4 Å². The minimum atomic E-state index is -0.157. The molecule has 4 heteroatoms. The van der Waals surface area contributed by atoms with Crippen LogP contribution >= 0.6 is 0 Å². The number of nitrogens with two attached hydrogens (primary N) is 1. The first-order chi connectivity index (χ1) is 9.02. The Morgan fingerprint density at radius 2 is 1.95 bits per heavy atom. The average Bonchev–Trinajstić information content (AvgIpc) is 2.33. The SMILES string of the molecule is Cc1cc(C)cc(N2C(C)CNC(=O)C2CCN)c1. The number of nitrogens with one attached hydrogen (secondary N) is 1. The molecule has 19 heavy (non-hydrogen) atoms. The van der Waals surface area contributed by atoms with E-state index in [0.29, 0.717) is 19.5 Å². The van der Waals surface area contributed by atoms with Crippen LogP contribution in [0.5, 0.6) is 0 Å². The Bertz CT molecular complexity index is 452. The highest BCUT2D eigenvalue weighted by Crippen LogP contribution is 2.26. The fourth-order valence-electron chi connectivity index (χ4n) is 2.86. The summed E-state index contributed by atoms with van der Waals surface area (Å²) in [5.41, 5.74) is 9.23. The molecule has 0 radical (unpaired) electrons. The van der Waals surface area contributed by atoms with Crippen LogP contribution < -0.4 is 16.0 Å². The van der Waals surface area contributed by atoms with Gasteiger partial charge in [0.15, 0.2) is 0 Å². The van der Waals surface area contributed by atoms with Crippen LogP contribution in [-0.2, 0) is 4.79 Å². The number of hydrogen-bond donors (Lipinski definition) is 2. The van der Waals surface area contributed by atoms with Crippen LogP contribution in [0.2, 0.25) is 0 Å². The Hall–Kier alpha value is -1.55. The Balaban J connectivity index is 2.38. The fourth-order valence-corrected chi connectivity index (χ4v) is 2.86. The lowest BCUT2D eigenvalue weighted by atomic mass is 10.0. The molecule has 0 aliphatic carbocycles. The third-order valence-corrected chi connectivity index (χ3v) is 3.63. The van der Waals surface area contributed by atoms with Gasteiger partial charge in [-0.15, -0.1) is 0 Å². The fraction of sp³-hybridized carbons (Fsp3) is 0.533. The molecule has 1 aliphatic heterocycles. The standard InChI is InChI=1S/C15H23N3O/c1-10-6-11(2)8-13(7-10)18-12(3)9-17-15(19)14(18)4-5-16/h6-8,12,14H,4-5,9,16H2,1-3H3,(H,17,19). The molecule has 1 saturated heterocycles. The van der Waals surface area contributed by atoms with Crippen molar-refractivity contribution in [2.45, 2.75) is 39.3 Å². The summed E-state index contributed by atoms with van der Waals surface area (Å²) in [6.45, 7) is 7.52. The van der Waals surface area contributed by atoms with Crippen molar-refractivity contribution in [2.24, 2.45) is 5.73 Å². The zero-order valence-corrected chi connectivity index (χ0v) is 11.9. The minimum absolute atomic E-state index is 0.0858. The molecule has 4 nitrogen and oxygen atoms in total. The van der Waals surface area contributed by atoms with E-state index in [2.05, 4.69) is 49.2 Å². The van der Waals surface area contributed by atoms with Crippen molar-refractivity contribution >= 4 is 11.6 Å². The second kappa shape index (κ2) is 5.61. The minimum Gasteiger partial charge on any atom is -0.355 e. The highest BCUT2D eigenvalue weighted by molar-refractivity contribution is 5.87. The summed E-state index contributed by atoms with van der Waals surface area (Å²) >= 11 is 0. The number of rotatable bonds is 3. The van der Waals surface area contributed by atoms with Crippen molar-refractivity contribution in [2.75, 3.05) is 18.0 Å². The summed E-state index contributed by atoms with van der Waals surface area (Å²) < 4.78 is 0. The maximum Gasteiger partial charge on any atom is 0.242 e. The molecule has 0 bridgehead atoms. The summed E-state index contributed by atoms with van der Waals surface area (Å²) in [4.78, 5) is 14.3. The van der Waals surface area contributed by atoms with E-state index in [4.69, 9.17) is 5.73 Å². The van der Waals surface area contributed by atoms with Crippen molar-refractivity contribution in [3.8, 4) is 0 Å². The second-order valence-corrected chi connectivity index (χ2v) is 5.44. The Kier molecular flexibility index (Phi) is 4.10. The quantitative estimate of drug-likeness (QED) is 0.863. The van der Waals surface area contributed by atoms with Crippen molar-refractivity contribution in [1.29, 1.82) is 0 Å². The molecule has 1 heterocycles. The van der Waals surface area contributed by atoms with Crippen molar-refractivity contribution < 1.29 is 4.79 Å². The van der Waals surface area contributed by atoms with Crippen molar-refractivity contribution in [1.82, 2.24) is 5.32 Å². The number of hydrogen-bond acceptors (Lipinski definition) is 3. The number of carbonyl (C=O) groups excluding carboxylic acids is 1. The smallest absolute Gasteiger partial charge is 0.242 e. The lowest BCUT2D eigenvalue weighted by Gasteiger charge is -2.42. The molecular weight excluding hydrogens is 238 g/mol. The van der Waals surface area contributed by atoms with Gasteiger partial charge in [-0.1, -0.05) is 6.07 Å². The molecule has 1 fully saturated rings. The van der Waals surface area contributed by atoms with Crippen LogP contribution in [0.25, 0.3) is 0 Å². The van der Waals surface area contributed by atoms with Gasteiger partial charge in [-0.05, 0) is 57.0 Å². The van der Waals surface area contributed by atoms with E-state index in [1.165, 1.54) is 11.1 Å². The maximum absolute atomic E-state index is 12.1. The van der Waals surface area contributed by atoms with Crippen molar-refractivity contribution in [3.63, 3.8) is 0 Å². The van der Waals surface area contributed by atoms with Gasteiger partial charge in [-0.3, -0.25) is 4.79 Å². The van der Waals surface area contributed by atoms with Gasteiger partial charge in [0.2, 0.25) is 5.91 Å². The molecule has 2 atom stereocenters. The van der Waals surface area contributed by atoms with Gasteiger partial charge < -0.3 is 16.0 Å². The lowest BCUT2D eigenvalue weighted by molar-refractivity contribution is -0.123. The molecular formula is C15H23N3O. The summed E-state index contributed by atoms with van der Waals surface area (Å²) in [7, 11) is 0. The largest absolute Gasteiger partial charge is 0.355 e. The van der Waals surface area contributed by atoms with Gasteiger partial charge in [-0.25, -0.2) is 0 Å². The van der Waals surface area contributed by atoms with Crippen LogP contribution in [0.4, 0.5) is 5.69 Å². The van der Waals surface area contributed by atoms with E-state index in [0.717, 1.165) is 5.69 Å². The van der Waals surface area contributed by atoms with E-state index < -0.39 is 0 Å². The molecule has 1 aromatic rings. The van der Waals surface area contributed by atoms with Gasteiger partial charge >= 0.3 is 0 Å². The third-order valence-electron chi connectivity index (χ3n) is 3.63. The first-order valence-electron chi connectivity index (χ1n) is 6.87. The number of piperazine rings is 1. The summed E-state index contributed by atoms with van der Waals surface area (Å²) in [5.74, 6) is 0.0858. The summed E-state index contributed by atoms with van der Waals surface area (Å²) in [6.07, 6.45) is 0.684. The predicted octanol–water partition coefficient (Wildman–Crippen LogP) is 1.35. The molecule has 2 rings (SSSR count). The van der Waals surface area contributed by atoms with E-state index >= 15 is 0 Å². The average molecular weight is 261 g/mol. The molecule has 3 N–H and O–H groups in total. The monoisotopic (exact) mass is 261 g/mol. The molecule has 0 saturated carbocycles. The number of nitrogens with zero attached hydrogens (tertiary/aromatic N) is 1. The highest BCUT2D eigenvalue weighted by atomic mass is 16.2. The van der Waals surface area contributed by atoms with Crippen LogP contribution in [-0.4, -0.2) is 31.1 Å².